The molecule has 0 saturated carbocycles. The molecule has 0 amide bonds. The SMILES string of the molecule is Fc1ccccc1/C=N/Nc1nc(N2CCOCC2)nc(N2CCOCC2)n1. The van der Waals surface area contributed by atoms with Gasteiger partial charge in [-0.05, 0) is 6.07 Å². The molecule has 2 aliphatic rings. The molecule has 0 radical (unpaired) electrons. The summed E-state index contributed by atoms with van der Waals surface area (Å²) in [5, 5.41) is 4.09. The first-order valence-corrected chi connectivity index (χ1v) is 9.25. The molecular weight excluding hydrogens is 365 g/mol. The third kappa shape index (κ3) is 4.52. The maximum absolute atomic E-state index is 13.7. The number of hydrogen-bond acceptors (Lipinski definition) is 9. The van der Waals surface area contributed by atoms with Gasteiger partial charge in [0.25, 0.3) is 0 Å². The molecule has 2 saturated heterocycles. The average molecular weight is 387 g/mol. The van der Waals surface area contributed by atoms with Crippen LogP contribution in [0.15, 0.2) is 29.4 Å². The molecule has 1 N–H and O–H groups in total. The van der Waals surface area contributed by atoms with Crippen molar-refractivity contribution in [1.82, 2.24) is 15.0 Å². The molecule has 2 aromatic rings. The van der Waals surface area contributed by atoms with Gasteiger partial charge in [-0.15, -0.1) is 0 Å². The maximum atomic E-state index is 13.7. The van der Waals surface area contributed by atoms with E-state index in [4.69, 9.17) is 9.47 Å². The van der Waals surface area contributed by atoms with Crippen molar-refractivity contribution in [2.24, 2.45) is 5.10 Å². The summed E-state index contributed by atoms with van der Waals surface area (Å²) in [7, 11) is 0. The van der Waals surface area contributed by atoms with Crippen LogP contribution in [-0.2, 0) is 9.47 Å². The second-order valence-corrected chi connectivity index (χ2v) is 6.35. The van der Waals surface area contributed by atoms with Crippen LogP contribution >= 0.6 is 0 Å². The minimum Gasteiger partial charge on any atom is -0.378 e. The molecule has 2 aliphatic heterocycles. The van der Waals surface area contributed by atoms with Crippen LogP contribution in [-0.4, -0.2) is 73.8 Å². The highest BCUT2D eigenvalue weighted by Gasteiger charge is 2.20. The zero-order valence-corrected chi connectivity index (χ0v) is 15.4. The minimum atomic E-state index is -0.341. The number of anilines is 3. The standard InChI is InChI=1S/C18H22FN7O2/c19-15-4-2-1-3-14(15)13-20-24-16-21-17(25-5-9-27-10-6-25)23-18(22-16)26-7-11-28-12-8-26/h1-4,13H,5-12H2,(H,21,22,23,24)/b20-13+. The fourth-order valence-electron chi connectivity index (χ4n) is 2.95. The number of nitrogens with zero attached hydrogens (tertiary/aromatic N) is 6. The smallest absolute Gasteiger partial charge is 0.250 e. The Balaban J connectivity index is 1.56. The summed E-state index contributed by atoms with van der Waals surface area (Å²) >= 11 is 0. The highest BCUT2D eigenvalue weighted by Crippen LogP contribution is 2.18. The fraction of sp³-hybridized carbons (Fsp3) is 0.444. The number of halogens is 1. The Morgan fingerprint density at radius 1 is 0.893 bits per heavy atom. The fourth-order valence-corrected chi connectivity index (χ4v) is 2.95. The lowest BCUT2D eigenvalue weighted by Gasteiger charge is -2.30. The zero-order valence-electron chi connectivity index (χ0n) is 15.4. The van der Waals surface area contributed by atoms with Crippen molar-refractivity contribution >= 4 is 24.1 Å². The molecule has 4 rings (SSSR count). The molecule has 0 atom stereocenters. The lowest BCUT2D eigenvalue weighted by molar-refractivity contribution is 0.121. The number of nitrogens with one attached hydrogen (secondary N) is 1. The van der Waals surface area contributed by atoms with Crippen molar-refractivity contribution in [3.63, 3.8) is 0 Å². The zero-order chi connectivity index (χ0) is 19.2. The monoisotopic (exact) mass is 387 g/mol. The number of ether oxygens (including phenoxy) is 2. The van der Waals surface area contributed by atoms with Crippen LogP contribution in [0.5, 0.6) is 0 Å². The predicted octanol–water partition coefficient (Wildman–Crippen LogP) is 1.13. The summed E-state index contributed by atoms with van der Waals surface area (Å²) in [6.45, 7) is 5.38. The van der Waals surface area contributed by atoms with E-state index in [2.05, 4.69) is 35.3 Å². The molecule has 3 heterocycles. The van der Waals surface area contributed by atoms with Crippen molar-refractivity contribution in [3.05, 3.63) is 35.6 Å². The van der Waals surface area contributed by atoms with Crippen LogP contribution in [0.3, 0.4) is 0 Å². The first-order valence-electron chi connectivity index (χ1n) is 9.25. The van der Waals surface area contributed by atoms with E-state index in [0.717, 1.165) is 0 Å². The molecule has 1 aromatic heterocycles. The van der Waals surface area contributed by atoms with Gasteiger partial charge in [0.15, 0.2) is 0 Å². The van der Waals surface area contributed by atoms with Gasteiger partial charge in [-0.3, -0.25) is 0 Å². The number of morpholine rings is 2. The van der Waals surface area contributed by atoms with E-state index in [1.165, 1.54) is 12.3 Å². The van der Waals surface area contributed by atoms with Crippen LogP contribution in [0.2, 0.25) is 0 Å². The van der Waals surface area contributed by atoms with Gasteiger partial charge in [0.2, 0.25) is 17.8 Å². The van der Waals surface area contributed by atoms with Gasteiger partial charge < -0.3 is 19.3 Å². The summed E-state index contributed by atoms with van der Waals surface area (Å²) in [6, 6.07) is 6.42. The van der Waals surface area contributed by atoms with Gasteiger partial charge in [-0.1, -0.05) is 18.2 Å². The van der Waals surface area contributed by atoms with Crippen LogP contribution in [0.25, 0.3) is 0 Å². The van der Waals surface area contributed by atoms with Crippen molar-refractivity contribution in [2.75, 3.05) is 67.8 Å². The van der Waals surface area contributed by atoms with Crippen molar-refractivity contribution in [3.8, 4) is 0 Å². The van der Waals surface area contributed by atoms with Crippen molar-refractivity contribution in [1.29, 1.82) is 0 Å². The van der Waals surface area contributed by atoms with Crippen LogP contribution in [0.4, 0.5) is 22.2 Å². The van der Waals surface area contributed by atoms with E-state index < -0.39 is 0 Å². The van der Waals surface area contributed by atoms with E-state index in [9.17, 15) is 4.39 Å². The number of rotatable bonds is 5. The predicted molar refractivity (Wildman–Crippen MR) is 104 cm³/mol. The molecule has 9 nitrogen and oxygen atoms in total. The summed E-state index contributed by atoms with van der Waals surface area (Å²) in [5.41, 5.74) is 3.18. The largest absolute Gasteiger partial charge is 0.378 e. The molecule has 28 heavy (non-hydrogen) atoms. The highest BCUT2D eigenvalue weighted by molar-refractivity contribution is 5.80. The summed E-state index contributed by atoms with van der Waals surface area (Å²) < 4.78 is 24.5. The first-order chi connectivity index (χ1) is 13.8. The summed E-state index contributed by atoms with van der Waals surface area (Å²) in [4.78, 5) is 17.7. The Morgan fingerprint density at radius 2 is 1.46 bits per heavy atom. The summed E-state index contributed by atoms with van der Waals surface area (Å²) in [5.74, 6) is 1.11. The quantitative estimate of drug-likeness (QED) is 0.604. The molecule has 2 fully saturated rings. The van der Waals surface area contributed by atoms with Crippen LogP contribution < -0.4 is 15.2 Å². The summed E-state index contributed by atoms with van der Waals surface area (Å²) in [6.07, 6.45) is 1.40. The number of benzene rings is 1. The molecule has 1 aromatic carbocycles. The van der Waals surface area contributed by atoms with E-state index in [1.54, 1.807) is 18.2 Å². The Morgan fingerprint density at radius 3 is 2.04 bits per heavy atom. The van der Waals surface area contributed by atoms with Gasteiger partial charge in [0.05, 0.1) is 32.6 Å². The van der Waals surface area contributed by atoms with Gasteiger partial charge in [-0.25, -0.2) is 9.82 Å². The van der Waals surface area contributed by atoms with Crippen LogP contribution in [0.1, 0.15) is 5.56 Å². The third-order valence-electron chi connectivity index (χ3n) is 4.47. The second kappa shape index (κ2) is 8.89. The lowest BCUT2D eigenvalue weighted by Crippen LogP contribution is -2.40. The van der Waals surface area contributed by atoms with Gasteiger partial charge in [0.1, 0.15) is 5.82 Å². The third-order valence-corrected chi connectivity index (χ3v) is 4.47. The Hall–Kier alpha value is -2.85. The number of aromatic nitrogens is 3. The topological polar surface area (TPSA) is 88.0 Å². The second-order valence-electron chi connectivity index (χ2n) is 6.35. The molecule has 0 spiro atoms. The van der Waals surface area contributed by atoms with Crippen molar-refractivity contribution in [2.45, 2.75) is 0 Å². The Bertz CT molecular complexity index is 787. The lowest BCUT2D eigenvalue weighted by atomic mass is 10.2. The molecule has 148 valence electrons. The van der Waals surface area contributed by atoms with E-state index >= 15 is 0 Å². The Kier molecular flexibility index (Phi) is 5.88. The van der Waals surface area contributed by atoms with E-state index in [-0.39, 0.29) is 5.82 Å². The molecule has 0 bridgehead atoms. The highest BCUT2D eigenvalue weighted by atomic mass is 19.1. The first kappa shape index (κ1) is 18.5. The normalized spacial score (nSPS) is 17.9. The average Bonchev–Trinajstić information content (AvgIpc) is 2.76. The maximum Gasteiger partial charge on any atom is 0.250 e. The molecule has 10 heteroatoms. The minimum absolute atomic E-state index is 0.311. The van der Waals surface area contributed by atoms with Crippen LogP contribution in [0, 0.1) is 5.82 Å². The van der Waals surface area contributed by atoms with Gasteiger partial charge in [-0.2, -0.15) is 20.1 Å². The molecule has 0 unspecified atom stereocenters. The number of hydrazone groups is 1. The van der Waals surface area contributed by atoms with Gasteiger partial charge in [0, 0.05) is 31.7 Å². The van der Waals surface area contributed by atoms with E-state index in [0.29, 0.717) is 76.0 Å². The molecule has 0 aliphatic carbocycles. The molecular formula is C18H22FN7O2. The Labute approximate surface area is 162 Å². The van der Waals surface area contributed by atoms with E-state index in [1.807, 2.05) is 0 Å². The van der Waals surface area contributed by atoms with Gasteiger partial charge >= 0.3 is 0 Å². The van der Waals surface area contributed by atoms with Crippen molar-refractivity contribution < 1.29 is 13.9 Å². The number of hydrogen-bond donors (Lipinski definition) is 1.